The fourth-order valence-electron chi connectivity index (χ4n) is 1.82. The molecule has 1 unspecified atom stereocenters. The Morgan fingerprint density at radius 1 is 1.50 bits per heavy atom. The Bertz CT molecular complexity index is 229. The van der Waals surface area contributed by atoms with E-state index < -0.39 is 0 Å². The smallest absolute Gasteiger partial charge is 0.220 e. The van der Waals surface area contributed by atoms with Gasteiger partial charge in [-0.05, 0) is 39.0 Å². The summed E-state index contributed by atoms with van der Waals surface area (Å²) in [6, 6.07) is 0.376. The van der Waals surface area contributed by atoms with Crippen LogP contribution in [-0.4, -0.2) is 17.5 Å². The number of amides is 1. The molecule has 0 spiro atoms. The molecule has 1 saturated carbocycles. The van der Waals surface area contributed by atoms with Crippen LogP contribution in [0.5, 0.6) is 0 Å². The number of carbonyl (C=O) groups is 1. The normalized spacial score (nSPS) is 18.2. The van der Waals surface area contributed by atoms with E-state index in [2.05, 4.69) is 12.2 Å². The molecule has 0 aliphatic heterocycles. The molecule has 0 aromatic carbocycles. The summed E-state index contributed by atoms with van der Waals surface area (Å²) in [6.45, 7) is 6.06. The van der Waals surface area contributed by atoms with Gasteiger partial charge in [-0.1, -0.05) is 19.8 Å². The second-order valence-corrected chi connectivity index (χ2v) is 5.84. The lowest BCUT2D eigenvalue weighted by Gasteiger charge is -2.20. The average molecular weight is 226 g/mol. The van der Waals surface area contributed by atoms with Gasteiger partial charge in [0.25, 0.3) is 0 Å². The van der Waals surface area contributed by atoms with E-state index in [1.54, 1.807) is 0 Å². The van der Waals surface area contributed by atoms with E-state index in [0.717, 1.165) is 25.2 Å². The van der Waals surface area contributed by atoms with Crippen molar-refractivity contribution in [2.75, 3.05) is 0 Å². The van der Waals surface area contributed by atoms with E-state index in [1.807, 2.05) is 13.8 Å². The van der Waals surface area contributed by atoms with E-state index >= 15 is 0 Å². The van der Waals surface area contributed by atoms with E-state index in [0.29, 0.717) is 12.5 Å². The summed E-state index contributed by atoms with van der Waals surface area (Å²) in [5, 5.41) is 3.12. The second kappa shape index (κ2) is 5.67. The number of carbonyl (C=O) groups excluding carboxylic acids is 1. The first-order valence-corrected chi connectivity index (χ1v) is 6.49. The molecular formula is C13H26N2O. The van der Waals surface area contributed by atoms with Crippen LogP contribution >= 0.6 is 0 Å². The number of hydrogen-bond donors (Lipinski definition) is 2. The van der Waals surface area contributed by atoms with Gasteiger partial charge in [-0.2, -0.15) is 0 Å². The standard InChI is InChI=1S/C13H26N2O/c1-4-11(9-10-5-6-10)15-12(16)7-8-13(2,3)14/h10-11H,4-9,14H2,1-3H3,(H,15,16). The molecule has 1 rings (SSSR count). The van der Waals surface area contributed by atoms with Crippen LogP contribution in [-0.2, 0) is 4.79 Å². The molecule has 1 fully saturated rings. The monoisotopic (exact) mass is 226 g/mol. The Labute approximate surface area is 99.2 Å². The maximum Gasteiger partial charge on any atom is 0.220 e. The Hall–Kier alpha value is -0.570. The maximum atomic E-state index is 11.7. The Kier molecular flexibility index (Phi) is 4.78. The van der Waals surface area contributed by atoms with Crippen LogP contribution in [0.25, 0.3) is 0 Å². The zero-order valence-corrected chi connectivity index (χ0v) is 10.9. The van der Waals surface area contributed by atoms with Crippen molar-refractivity contribution >= 4 is 5.91 Å². The van der Waals surface area contributed by atoms with Crippen LogP contribution in [0.4, 0.5) is 0 Å². The Morgan fingerprint density at radius 2 is 2.12 bits per heavy atom. The molecule has 0 saturated heterocycles. The SMILES string of the molecule is CCC(CC1CC1)NC(=O)CCC(C)(C)N. The lowest BCUT2D eigenvalue weighted by molar-refractivity contribution is -0.122. The first-order valence-electron chi connectivity index (χ1n) is 6.49. The molecule has 3 heteroatoms. The van der Waals surface area contributed by atoms with E-state index in [-0.39, 0.29) is 11.4 Å². The van der Waals surface area contributed by atoms with Gasteiger partial charge in [0, 0.05) is 18.0 Å². The highest BCUT2D eigenvalue weighted by Crippen LogP contribution is 2.34. The molecule has 0 aromatic heterocycles. The molecule has 1 atom stereocenters. The molecule has 1 amide bonds. The topological polar surface area (TPSA) is 55.1 Å². The highest BCUT2D eigenvalue weighted by molar-refractivity contribution is 5.76. The van der Waals surface area contributed by atoms with Gasteiger partial charge in [0.2, 0.25) is 5.91 Å². The van der Waals surface area contributed by atoms with Crippen molar-refractivity contribution in [1.29, 1.82) is 0 Å². The second-order valence-electron chi connectivity index (χ2n) is 5.84. The molecule has 0 bridgehead atoms. The van der Waals surface area contributed by atoms with Gasteiger partial charge < -0.3 is 11.1 Å². The van der Waals surface area contributed by atoms with Crippen LogP contribution in [0, 0.1) is 5.92 Å². The van der Waals surface area contributed by atoms with Crippen LogP contribution < -0.4 is 11.1 Å². The summed E-state index contributed by atoms with van der Waals surface area (Å²) in [6.07, 6.45) is 6.19. The largest absolute Gasteiger partial charge is 0.353 e. The molecule has 0 aromatic rings. The average Bonchev–Trinajstić information content (AvgIpc) is 2.96. The van der Waals surface area contributed by atoms with Crippen molar-refractivity contribution in [2.24, 2.45) is 11.7 Å². The zero-order valence-electron chi connectivity index (χ0n) is 10.9. The van der Waals surface area contributed by atoms with Gasteiger partial charge in [0.1, 0.15) is 0 Å². The van der Waals surface area contributed by atoms with Gasteiger partial charge in [-0.3, -0.25) is 4.79 Å². The quantitative estimate of drug-likeness (QED) is 0.699. The summed E-state index contributed by atoms with van der Waals surface area (Å²) in [7, 11) is 0. The Balaban J connectivity index is 2.19. The minimum atomic E-state index is -0.241. The van der Waals surface area contributed by atoms with Crippen molar-refractivity contribution < 1.29 is 4.79 Å². The molecule has 16 heavy (non-hydrogen) atoms. The molecule has 3 nitrogen and oxygen atoms in total. The highest BCUT2D eigenvalue weighted by Gasteiger charge is 2.25. The van der Waals surface area contributed by atoms with Gasteiger partial charge in [-0.15, -0.1) is 0 Å². The van der Waals surface area contributed by atoms with Crippen molar-refractivity contribution in [2.45, 2.75) is 70.9 Å². The van der Waals surface area contributed by atoms with Gasteiger partial charge in [-0.25, -0.2) is 0 Å². The fraction of sp³-hybridized carbons (Fsp3) is 0.923. The van der Waals surface area contributed by atoms with Gasteiger partial charge >= 0.3 is 0 Å². The minimum absolute atomic E-state index is 0.158. The van der Waals surface area contributed by atoms with Gasteiger partial charge in [0.05, 0.1) is 0 Å². The van der Waals surface area contributed by atoms with Crippen LogP contribution in [0.1, 0.15) is 59.3 Å². The zero-order chi connectivity index (χ0) is 12.2. The van der Waals surface area contributed by atoms with E-state index in [1.165, 1.54) is 12.8 Å². The van der Waals surface area contributed by atoms with E-state index in [9.17, 15) is 4.79 Å². The molecule has 3 N–H and O–H groups in total. The van der Waals surface area contributed by atoms with Gasteiger partial charge in [0.15, 0.2) is 0 Å². The first-order chi connectivity index (χ1) is 7.40. The summed E-state index contributed by atoms with van der Waals surface area (Å²) in [5.74, 6) is 1.03. The van der Waals surface area contributed by atoms with Crippen molar-refractivity contribution in [3.05, 3.63) is 0 Å². The van der Waals surface area contributed by atoms with Crippen LogP contribution in [0.15, 0.2) is 0 Å². The lowest BCUT2D eigenvalue weighted by atomic mass is 9.99. The van der Waals surface area contributed by atoms with Crippen LogP contribution in [0.3, 0.4) is 0 Å². The fourth-order valence-corrected chi connectivity index (χ4v) is 1.82. The maximum absolute atomic E-state index is 11.7. The third-order valence-electron chi connectivity index (χ3n) is 3.17. The highest BCUT2D eigenvalue weighted by atomic mass is 16.1. The van der Waals surface area contributed by atoms with Crippen molar-refractivity contribution in [3.63, 3.8) is 0 Å². The first kappa shape index (κ1) is 13.5. The van der Waals surface area contributed by atoms with E-state index in [4.69, 9.17) is 5.73 Å². The molecule has 1 aliphatic rings. The summed E-state index contributed by atoms with van der Waals surface area (Å²) in [5.41, 5.74) is 5.62. The van der Waals surface area contributed by atoms with Crippen molar-refractivity contribution in [3.8, 4) is 0 Å². The third-order valence-corrected chi connectivity index (χ3v) is 3.17. The van der Waals surface area contributed by atoms with Crippen molar-refractivity contribution in [1.82, 2.24) is 5.32 Å². The summed E-state index contributed by atoms with van der Waals surface area (Å²) < 4.78 is 0. The molecule has 0 heterocycles. The lowest BCUT2D eigenvalue weighted by Crippen LogP contribution is -2.38. The molecule has 94 valence electrons. The third kappa shape index (κ3) is 6.11. The number of nitrogens with one attached hydrogen (secondary N) is 1. The minimum Gasteiger partial charge on any atom is -0.353 e. The number of rotatable bonds is 7. The predicted octanol–water partition coefficient (Wildman–Crippen LogP) is 2.20. The Morgan fingerprint density at radius 3 is 2.56 bits per heavy atom. The number of hydrogen-bond acceptors (Lipinski definition) is 2. The number of nitrogens with two attached hydrogens (primary N) is 1. The summed E-state index contributed by atoms with van der Waals surface area (Å²) >= 11 is 0. The summed E-state index contributed by atoms with van der Waals surface area (Å²) in [4.78, 5) is 11.7. The molecule has 0 radical (unpaired) electrons. The predicted molar refractivity (Wildman–Crippen MR) is 67.1 cm³/mol. The molecule has 1 aliphatic carbocycles. The molecular weight excluding hydrogens is 200 g/mol. The van der Waals surface area contributed by atoms with Crippen LogP contribution in [0.2, 0.25) is 0 Å².